The van der Waals surface area contributed by atoms with Gasteiger partial charge in [-0.2, -0.15) is 18.2 Å². The minimum Gasteiger partial charge on any atom is -0.466 e. The van der Waals surface area contributed by atoms with Crippen molar-refractivity contribution in [2.45, 2.75) is 13.1 Å². The fourth-order valence-electron chi connectivity index (χ4n) is 3.52. The summed E-state index contributed by atoms with van der Waals surface area (Å²) in [5.74, 6) is -1.04. The molecule has 4 aromatic rings. The molecule has 0 fully saturated rings. The predicted octanol–water partition coefficient (Wildman–Crippen LogP) is 5.09. The number of carbonyl (C=O) groups is 1. The van der Waals surface area contributed by atoms with Crippen LogP contribution in [0.2, 0.25) is 0 Å². The van der Waals surface area contributed by atoms with Gasteiger partial charge in [0.05, 0.1) is 17.6 Å². The topological polar surface area (TPSA) is 82.5 Å². The van der Waals surface area contributed by atoms with Gasteiger partial charge in [0.15, 0.2) is 17.7 Å². The van der Waals surface area contributed by atoms with Gasteiger partial charge in [0, 0.05) is 23.5 Å². The summed E-state index contributed by atoms with van der Waals surface area (Å²) in [6, 6.07) is 19.1. The monoisotopic (exact) mass is 483 g/mol. The van der Waals surface area contributed by atoms with Crippen molar-refractivity contribution in [3.63, 3.8) is 0 Å². The molecule has 7 nitrogen and oxygen atoms in total. The van der Waals surface area contributed by atoms with Crippen LogP contribution in [0.4, 0.5) is 24.7 Å². The molecule has 0 spiro atoms. The number of aromatic nitrogens is 2. The van der Waals surface area contributed by atoms with Crippen molar-refractivity contribution in [2.24, 2.45) is 0 Å². The van der Waals surface area contributed by atoms with E-state index in [1.54, 1.807) is 67.6 Å². The molecule has 2 aromatic carbocycles. The lowest BCUT2D eigenvalue weighted by Gasteiger charge is -2.20. The maximum absolute atomic E-state index is 14.0. The molecule has 0 unspecified atom stereocenters. The molecule has 35 heavy (non-hydrogen) atoms. The van der Waals surface area contributed by atoms with Crippen LogP contribution in [0.1, 0.15) is 12.5 Å². The molecule has 0 saturated carbocycles. The van der Waals surface area contributed by atoms with Crippen LogP contribution in [-0.2, 0) is 15.7 Å². The lowest BCUT2D eigenvalue weighted by molar-refractivity contribution is -0.145. The average molecular weight is 483 g/mol. The summed E-state index contributed by atoms with van der Waals surface area (Å²) >= 11 is 0. The molecule has 0 aliphatic rings. The Bertz CT molecular complexity index is 1410. The highest BCUT2D eigenvalue weighted by atomic mass is 19.4. The number of para-hydroxylation sites is 2. The van der Waals surface area contributed by atoms with Crippen LogP contribution in [0.25, 0.3) is 16.7 Å². The van der Waals surface area contributed by atoms with Crippen molar-refractivity contribution in [2.75, 3.05) is 18.5 Å². The van der Waals surface area contributed by atoms with Gasteiger partial charge in [-0.05, 0) is 31.2 Å². The summed E-state index contributed by atoms with van der Waals surface area (Å²) in [4.78, 5) is 28.9. The number of rotatable bonds is 7. The van der Waals surface area contributed by atoms with Crippen LogP contribution < -0.4 is 15.5 Å². The molecule has 0 bridgehead atoms. The quantitative estimate of drug-likeness (QED) is 0.369. The summed E-state index contributed by atoms with van der Waals surface area (Å²) in [5.41, 5.74) is -1.30. The summed E-state index contributed by atoms with van der Waals surface area (Å²) in [5, 5.41) is 2.45. The second-order valence-corrected chi connectivity index (χ2v) is 7.35. The van der Waals surface area contributed by atoms with Crippen molar-refractivity contribution < 1.29 is 27.4 Å². The molecule has 10 heteroatoms. The van der Waals surface area contributed by atoms with Gasteiger partial charge >= 0.3 is 12.1 Å². The zero-order valence-electron chi connectivity index (χ0n) is 18.5. The van der Waals surface area contributed by atoms with Gasteiger partial charge in [-0.15, -0.1) is 0 Å². The highest BCUT2D eigenvalue weighted by Crippen LogP contribution is 2.36. The van der Waals surface area contributed by atoms with Gasteiger partial charge in [-0.25, -0.2) is 4.79 Å². The summed E-state index contributed by atoms with van der Waals surface area (Å²) in [6.45, 7) is 1.04. The minimum absolute atomic E-state index is 0.0865. The van der Waals surface area contributed by atoms with Crippen molar-refractivity contribution in [1.29, 1.82) is 0 Å². The molecule has 0 radical (unpaired) electrons. The Labute approximate surface area is 197 Å². The fraction of sp³-hybridized carbons (Fsp3) is 0.160. The molecule has 4 rings (SSSR count). The Hall–Kier alpha value is -4.34. The second kappa shape index (κ2) is 9.88. The molecule has 0 amide bonds. The number of ether oxygens (including phenoxy) is 2. The van der Waals surface area contributed by atoms with E-state index in [4.69, 9.17) is 9.47 Å². The summed E-state index contributed by atoms with van der Waals surface area (Å²) in [6.07, 6.45) is -4.88. The smallest absolute Gasteiger partial charge is 0.417 e. The van der Waals surface area contributed by atoms with Gasteiger partial charge < -0.3 is 14.8 Å². The van der Waals surface area contributed by atoms with Crippen LogP contribution in [-0.4, -0.2) is 28.7 Å². The van der Waals surface area contributed by atoms with Crippen LogP contribution in [0.5, 0.6) is 5.88 Å². The molecule has 2 aromatic heterocycles. The molecule has 0 saturated heterocycles. The SMILES string of the molecule is CCOC(=O)COc1cc(C(F)(F)F)c2c(=O)cc(Nc3ccccc3)n(-c3ccccc3)c2n1. The number of nitrogens with one attached hydrogen (secondary N) is 1. The molecule has 180 valence electrons. The van der Waals surface area contributed by atoms with Gasteiger partial charge in [-0.1, -0.05) is 36.4 Å². The van der Waals surface area contributed by atoms with Crippen molar-refractivity contribution >= 4 is 28.5 Å². The van der Waals surface area contributed by atoms with E-state index in [9.17, 15) is 22.8 Å². The lowest BCUT2D eigenvalue weighted by atomic mass is 10.1. The number of esters is 1. The molecule has 0 atom stereocenters. The number of hydrogen-bond acceptors (Lipinski definition) is 6. The zero-order valence-corrected chi connectivity index (χ0v) is 18.5. The number of nitrogens with zero attached hydrogens (tertiary/aromatic N) is 2. The second-order valence-electron chi connectivity index (χ2n) is 7.35. The standard InChI is InChI=1S/C25H20F3N3O4/c1-2-34-22(33)15-35-21-13-18(25(26,27)28)23-19(32)14-20(29-16-9-5-3-6-10-16)31(24(23)30-21)17-11-7-4-8-12-17/h3-14,29H,2,15H2,1H3. The third-order valence-corrected chi connectivity index (χ3v) is 4.95. The van der Waals surface area contributed by atoms with E-state index < -0.39 is 41.0 Å². The highest BCUT2D eigenvalue weighted by Gasteiger charge is 2.36. The Morgan fingerprint density at radius 1 is 1.03 bits per heavy atom. The number of pyridine rings is 2. The number of anilines is 2. The average Bonchev–Trinajstić information content (AvgIpc) is 2.83. The molecule has 0 aliphatic heterocycles. The number of carbonyl (C=O) groups excluding carboxylic acids is 1. The minimum atomic E-state index is -4.88. The van der Waals surface area contributed by atoms with Crippen molar-refractivity contribution in [3.8, 4) is 11.6 Å². The predicted molar refractivity (Wildman–Crippen MR) is 124 cm³/mol. The van der Waals surface area contributed by atoms with Crippen LogP contribution in [0.15, 0.2) is 77.6 Å². The molecule has 1 N–H and O–H groups in total. The van der Waals surface area contributed by atoms with E-state index in [1.807, 2.05) is 0 Å². The van der Waals surface area contributed by atoms with Gasteiger partial charge in [0.1, 0.15) is 5.82 Å². The van der Waals surface area contributed by atoms with Gasteiger partial charge in [0.25, 0.3) is 0 Å². The molecular weight excluding hydrogens is 463 g/mol. The van der Waals surface area contributed by atoms with E-state index in [0.29, 0.717) is 17.4 Å². The first kappa shape index (κ1) is 23.8. The summed E-state index contributed by atoms with van der Waals surface area (Å²) < 4.78 is 53.5. The van der Waals surface area contributed by atoms with Crippen molar-refractivity contribution in [3.05, 3.63) is 88.6 Å². The van der Waals surface area contributed by atoms with E-state index >= 15 is 0 Å². The highest BCUT2D eigenvalue weighted by molar-refractivity contribution is 5.85. The third-order valence-electron chi connectivity index (χ3n) is 4.95. The van der Waals surface area contributed by atoms with Crippen LogP contribution >= 0.6 is 0 Å². The first-order valence-corrected chi connectivity index (χ1v) is 10.6. The van der Waals surface area contributed by atoms with Gasteiger partial charge in [0.2, 0.25) is 5.88 Å². The van der Waals surface area contributed by atoms with E-state index in [-0.39, 0.29) is 18.1 Å². The Morgan fingerprint density at radius 3 is 2.31 bits per heavy atom. The molecule has 0 aliphatic carbocycles. The van der Waals surface area contributed by atoms with E-state index in [0.717, 1.165) is 6.07 Å². The van der Waals surface area contributed by atoms with Gasteiger partial charge in [-0.3, -0.25) is 9.36 Å². The normalized spacial score (nSPS) is 11.3. The first-order chi connectivity index (χ1) is 16.8. The summed E-state index contributed by atoms with van der Waals surface area (Å²) in [7, 11) is 0. The Balaban J connectivity index is 1.99. The first-order valence-electron chi connectivity index (χ1n) is 10.6. The maximum atomic E-state index is 14.0. The van der Waals surface area contributed by atoms with Crippen molar-refractivity contribution in [1.82, 2.24) is 9.55 Å². The number of fused-ring (bicyclic) bond motifs is 1. The zero-order chi connectivity index (χ0) is 25.0. The fourth-order valence-corrected chi connectivity index (χ4v) is 3.52. The largest absolute Gasteiger partial charge is 0.466 e. The molecule has 2 heterocycles. The number of alkyl halides is 3. The van der Waals surface area contributed by atoms with E-state index in [1.165, 1.54) is 4.57 Å². The number of halogens is 3. The Morgan fingerprint density at radius 2 is 1.69 bits per heavy atom. The maximum Gasteiger partial charge on any atom is 0.417 e. The van der Waals surface area contributed by atoms with Crippen LogP contribution in [0.3, 0.4) is 0 Å². The van der Waals surface area contributed by atoms with E-state index in [2.05, 4.69) is 10.3 Å². The lowest BCUT2D eigenvalue weighted by Crippen LogP contribution is -2.20. The number of benzene rings is 2. The number of hydrogen-bond donors (Lipinski definition) is 1. The third kappa shape index (κ3) is 5.26. The Kier molecular flexibility index (Phi) is 6.72. The molecular formula is C25H20F3N3O4. The van der Waals surface area contributed by atoms with Crippen LogP contribution in [0, 0.1) is 0 Å².